The minimum atomic E-state index is -4.87. The second-order valence-electron chi connectivity index (χ2n) is 5.03. The van der Waals surface area contributed by atoms with Gasteiger partial charge >= 0.3 is 12.4 Å². The Balaban J connectivity index is 2.25. The first kappa shape index (κ1) is 17.3. The van der Waals surface area contributed by atoms with Crippen LogP contribution in [0.1, 0.15) is 23.1 Å². The second kappa shape index (κ2) is 6.23. The fraction of sp³-hybridized carbons (Fsp3) is 0.357. The van der Waals surface area contributed by atoms with Crippen LogP contribution in [-0.2, 0) is 23.6 Å². The predicted octanol–water partition coefficient (Wildman–Crippen LogP) is 3.22. The molecule has 1 aliphatic rings. The maximum Gasteiger partial charge on any atom is 0.416 e. The van der Waals surface area contributed by atoms with Gasteiger partial charge in [0.05, 0.1) is 17.7 Å². The van der Waals surface area contributed by atoms with Crippen molar-refractivity contribution in [2.75, 3.05) is 6.54 Å². The number of carbonyl (C=O) groups excluding carboxylic acids is 1. The van der Waals surface area contributed by atoms with Gasteiger partial charge in [0.15, 0.2) is 5.78 Å². The average Bonchev–Trinajstić information content (AvgIpc) is 2.43. The minimum Gasteiger partial charge on any atom is -0.325 e. The number of carbonyl (C=O) groups is 1. The first-order chi connectivity index (χ1) is 10.6. The van der Waals surface area contributed by atoms with Gasteiger partial charge in [-0.3, -0.25) is 4.79 Å². The van der Waals surface area contributed by atoms with Crippen molar-refractivity contribution in [2.45, 2.75) is 25.2 Å². The topological polar surface area (TPSA) is 41.1 Å². The lowest BCUT2D eigenvalue weighted by molar-refractivity contribution is -0.143. The summed E-state index contributed by atoms with van der Waals surface area (Å²) in [6.45, 7) is 0.0747. The summed E-state index contributed by atoms with van der Waals surface area (Å²) in [6.07, 6.45) is -8.42. The number of rotatable bonds is 3. The van der Waals surface area contributed by atoms with E-state index in [2.05, 4.69) is 10.9 Å². The van der Waals surface area contributed by atoms with E-state index < -0.39 is 23.5 Å². The van der Waals surface area contributed by atoms with Crippen LogP contribution in [0, 0.1) is 0 Å². The summed E-state index contributed by atoms with van der Waals surface area (Å²) in [6, 6.07) is 1.47. The number of benzene rings is 1. The minimum absolute atomic E-state index is 0.0687. The summed E-state index contributed by atoms with van der Waals surface area (Å²) in [7, 11) is 0. The van der Waals surface area contributed by atoms with E-state index in [0.717, 1.165) is 0 Å². The van der Waals surface area contributed by atoms with Gasteiger partial charge in [-0.2, -0.15) is 26.3 Å². The van der Waals surface area contributed by atoms with Gasteiger partial charge < -0.3 is 5.43 Å². The molecule has 0 atom stereocenters. The molecular formula is C14H12F6N2O. The van der Waals surface area contributed by atoms with E-state index >= 15 is 0 Å². The highest BCUT2D eigenvalue weighted by Gasteiger charge is 2.36. The van der Waals surface area contributed by atoms with Crippen LogP contribution in [-0.4, -0.2) is 12.3 Å². The van der Waals surface area contributed by atoms with E-state index in [1.165, 1.54) is 6.08 Å². The van der Waals surface area contributed by atoms with E-state index in [0.29, 0.717) is 17.8 Å². The molecule has 23 heavy (non-hydrogen) atoms. The first-order valence-electron chi connectivity index (χ1n) is 6.56. The smallest absolute Gasteiger partial charge is 0.325 e. The third kappa shape index (κ3) is 4.72. The largest absolute Gasteiger partial charge is 0.416 e. The zero-order chi connectivity index (χ0) is 17.3. The van der Waals surface area contributed by atoms with Crippen LogP contribution in [0.2, 0.25) is 0 Å². The molecule has 0 aliphatic carbocycles. The van der Waals surface area contributed by atoms with Gasteiger partial charge in [-0.1, -0.05) is 0 Å². The van der Waals surface area contributed by atoms with Gasteiger partial charge in [-0.15, -0.1) is 0 Å². The Morgan fingerprint density at radius 3 is 1.96 bits per heavy atom. The van der Waals surface area contributed by atoms with Crippen LogP contribution in [0.4, 0.5) is 26.3 Å². The second-order valence-corrected chi connectivity index (χ2v) is 5.03. The lowest BCUT2D eigenvalue weighted by atomic mass is 10.0. The van der Waals surface area contributed by atoms with Crippen LogP contribution in [0.5, 0.6) is 0 Å². The molecule has 0 spiro atoms. The number of hydrogen-bond donors (Lipinski definition) is 2. The predicted molar refractivity (Wildman–Crippen MR) is 69.0 cm³/mol. The van der Waals surface area contributed by atoms with Crippen molar-refractivity contribution in [3.63, 3.8) is 0 Å². The van der Waals surface area contributed by atoms with Crippen molar-refractivity contribution in [2.24, 2.45) is 0 Å². The summed E-state index contributed by atoms with van der Waals surface area (Å²) in [5.41, 5.74) is 2.83. The van der Waals surface area contributed by atoms with Crippen molar-refractivity contribution < 1.29 is 31.1 Å². The Hall–Kier alpha value is -2.03. The van der Waals surface area contributed by atoms with Gasteiger partial charge in [-0.25, -0.2) is 5.43 Å². The van der Waals surface area contributed by atoms with Gasteiger partial charge in [0.25, 0.3) is 0 Å². The Labute approximate surface area is 127 Å². The van der Waals surface area contributed by atoms with Crippen molar-refractivity contribution in [1.29, 1.82) is 0 Å². The first-order valence-corrected chi connectivity index (χ1v) is 6.56. The van der Waals surface area contributed by atoms with Gasteiger partial charge in [0, 0.05) is 11.8 Å². The Bertz CT molecular complexity index is 601. The third-order valence-corrected chi connectivity index (χ3v) is 3.18. The van der Waals surface area contributed by atoms with Crippen molar-refractivity contribution in [1.82, 2.24) is 10.9 Å². The monoisotopic (exact) mass is 338 g/mol. The standard InChI is InChI=1S/C14H12F6N2O/c15-13(16,17)9-3-8(4-10(5-9)14(18,19)20)1-2-11-6-12(23)7-21-22-11/h3-6,21-22H,1-2,7H2. The SMILES string of the molecule is O=C1C=C(CCc2cc(C(F)(F)F)cc(C(F)(F)F)c2)NNC1. The number of aryl methyl sites for hydroxylation is 1. The summed E-state index contributed by atoms with van der Waals surface area (Å²) in [5, 5.41) is 0. The molecule has 3 nitrogen and oxygen atoms in total. The van der Waals surface area contributed by atoms with Crippen LogP contribution in [0.15, 0.2) is 30.0 Å². The Morgan fingerprint density at radius 2 is 1.48 bits per heavy atom. The Morgan fingerprint density at radius 1 is 0.913 bits per heavy atom. The molecule has 0 fully saturated rings. The van der Waals surface area contributed by atoms with Crippen LogP contribution >= 0.6 is 0 Å². The number of nitrogens with one attached hydrogen (secondary N) is 2. The summed E-state index contributed by atoms with van der Waals surface area (Å²) < 4.78 is 76.4. The fourth-order valence-corrected chi connectivity index (χ4v) is 2.10. The maximum absolute atomic E-state index is 12.7. The molecule has 0 unspecified atom stereocenters. The van der Waals surface area contributed by atoms with Crippen LogP contribution in [0.3, 0.4) is 0 Å². The van der Waals surface area contributed by atoms with E-state index in [4.69, 9.17) is 0 Å². The summed E-state index contributed by atoms with van der Waals surface area (Å²) in [4.78, 5) is 11.2. The highest BCUT2D eigenvalue weighted by atomic mass is 19.4. The molecule has 9 heteroatoms. The van der Waals surface area contributed by atoms with E-state index in [1.54, 1.807) is 0 Å². The molecule has 0 bridgehead atoms. The van der Waals surface area contributed by atoms with Gasteiger partial charge in [0.1, 0.15) is 0 Å². The fourth-order valence-electron chi connectivity index (χ4n) is 2.10. The molecule has 0 saturated carbocycles. The molecule has 2 N–H and O–H groups in total. The number of alkyl halides is 6. The number of halogens is 6. The number of ketones is 1. The molecule has 1 aliphatic heterocycles. The highest BCUT2D eigenvalue weighted by molar-refractivity contribution is 5.92. The molecule has 0 aromatic heterocycles. The molecule has 2 rings (SSSR count). The van der Waals surface area contributed by atoms with Crippen LogP contribution in [0.25, 0.3) is 0 Å². The van der Waals surface area contributed by atoms with E-state index in [9.17, 15) is 31.1 Å². The van der Waals surface area contributed by atoms with Gasteiger partial charge in [0.2, 0.25) is 0 Å². The molecule has 1 aromatic rings. The average molecular weight is 338 g/mol. The molecule has 1 aromatic carbocycles. The normalized spacial score (nSPS) is 16.1. The molecule has 126 valence electrons. The summed E-state index contributed by atoms with van der Waals surface area (Å²) >= 11 is 0. The lowest BCUT2D eigenvalue weighted by Crippen LogP contribution is -2.39. The van der Waals surface area contributed by atoms with Crippen molar-refractivity contribution in [3.8, 4) is 0 Å². The number of allylic oxidation sites excluding steroid dienone is 1. The van der Waals surface area contributed by atoms with Crippen molar-refractivity contribution in [3.05, 3.63) is 46.7 Å². The molecular weight excluding hydrogens is 326 g/mol. The third-order valence-electron chi connectivity index (χ3n) is 3.18. The van der Waals surface area contributed by atoms with E-state index in [1.807, 2.05) is 0 Å². The molecule has 1 heterocycles. The number of hydrazine groups is 1. The zero-order valence-electron chi connectivity index (χ0n) is 11.6. The maximum atomic E-state index is 12.7. The van der Waals surface area contributed by atoms with E-state index in [-0.39, 0.29) is 36.8 Å². The molecule has 0 saturated heterocycles. The zero-order valence-corrected chi connectivity index (χ0v) is 11.6. The molecule has 0 amide bonds. The van der Waals surface area contributed by atoms with Crippen LogP contribution < -0.4 is 10.9 Å². The molecule has 0 radical (unpaired) electrons. The Kier molecular flexibility index (Phi) is 4.69. The summed E-state index contributed by atoms with van der Waals surface area (Å²) in [5.74, 6) is -0.223. The quantitative estimate of drug-likeness (QED) is 0.832. The number of hydrogen-bond acceptors (Lipinski definition) is 3. The van der Waals surface area contributed by atoms with Gasteiger partial charge in [-0.05, 0) is 36.6 Å². The van der Waals surface area contributed by atoms with Crippen molar-refractivity contribution >= 4 is 5.78 Å². The highest BCUT2D eigenvalue weighted by Crippen LogP contribution is 2.36. The lowest BCUT2D eigenvalue weighted by Gasteiger charge is -2.17.